The van der Waals surface area contributed by atoms with E-state index < -0.39 is 15.9 Å². The molecule has 1 amide bonds. The lowest BCUT2D eigenvalue weighted by atomic mass is 10.1. The molecule has 11 heteroatoms. The van der Waals surface area contributed by atoms with Crippen LogP contribution in [0.5, 0.6) is 0 Å². The van der Waals surface area contributed by atoms with Crippen molar-refractivity contribution in [1.82, 2.24) is 24.7 Å². The average Bonchev–Trinajstić information content (AvgIpc) is 3.49. The molecular formula is C21H19N7O3S. The van der Waals surface area contributed by atoms with E-state index >= 15 is 0 Å². The van der Waals surface area contributed by atoms with Crippen LogP contribution in [0, 0.1) is 0 Å². The molecule has 0 spiro atoms. The zero-order valence-electron chi connectivity index (χ0n) is 17.1. The van der Waals surface area contributed by atoms with Crippen LogP contribution in [-0.2, 0) is 10.0 Å². The summed E-state index contributed by atoms with van der Waals surface area (Å²) >= 11 is 0. The minimum absolute atomic E-state index is 0.0366. The molecule has 2 N–H and O–H groups in total. The summed E-state index contributed by atoms with van der Waals surface area (Å²) in [5, 5.41) is 7.93. The van der Waals surface area contributed by atoms with Crippen molar-refractivity contribution < 1.29 is 13.2 Å². The lowest BCUT2D eigenvalue weighted by molar-refractivity contribution is 0.101. The van der Waals surface area contributed by atoms with E-state index in [-0.39, 0.29) is 5.82 Å². The van der Waals surface area contributed by atoms with E-state index in [1.54, 1.807) is 42.9 Å². The molecule has 0 saturated heterocycles. The third kappa shape index (κ3) is 4.28. The predicted octanol–water partition coefficient (Wildman–Crippen LogP) is 2.85. The molecule has 0 radical (unpaired) electrons. The zero-order chi connectivity index (χ0) is 22.3. The second kappa shape index (κ2) is 7.68. The minimum Gasteiger partial charge on any atom is -0.319 e. The zero-order valence-corrected chi connectivity index (χ0v) is 17.9. The van der Waals surface area contributed by atoms with Gasteiger partial charge in [0.1, 0.15) is 0 Å². The standard InChI is InChI=1S/C21H19N7O3S/c1-32(30,31)27-15-3-2-13-9-23-20(25-19(13)8-15)21(29)26-18-6-7-22-11-17(18)14-10-24-28(12-14)16-4-5-16/h2-3,6-12,16,27H,4-5H2,1H3,(H,22,26,29). The summed E-state index contributed by atoms with van der Waals surface area (Å²) in [7, 11) is -3.43. The highest BCUT2D eigenvalue weighted by atomic mass is 32.2. The van der Waals surface area contributed by atoms with E-state index in [0.29, 0.717) is 28.3 Å². The molecule has 162 valence electrons. The summed E-state index contributed by atoms with van der Waals surface area (Å²) in [4.78, 5) is 25.5. The first-order valence-corrected chi connectivity index (χ1v) is 11.8. The van der Waals surface area contributed by atoms with Gasteiger partial charge in [-0.05, 0) is 37.1 Å². The van der Waals surface area contributed by atoms with Crippen LogP contribution in [0.25, 0.3) is 22.0 Å². The van der Waals surface area contributed by atoms with Crippen molar-refractivity contribution >= 4 is 38.2 Å². The quantitative estimate of drug-likeness (QED) is 0.463. The van der Waals surface area contributed by atoms with Gasteiger partial charge in [0, 0.05) is 41.3 Å². The van der Waals surface area contributed by atoms with Gasteiger partial charge < -0.3 is 5.32 Å². The third-order valence-electron chi connectivity index (χ3n) is 4.99. The van der Waals surface area contributed by atoms with Gasteiger partial charge in [0.05, 0.1) is 35.4 Å². The number of nitrogens with zero attached hydrogens (tertiary/aromatic N) is 5. The lowest BCUT2D eigenvalue weighted by Gasteiger charge is -2.09. The first kappa shape index (κ1) is 20.1. The fraction of sp³-hybridized carbons (Fsp3) is 0.190. The summed E-state index contributed by atoms with van der Waals surface area (Å²) in [6, 6.07) is 7.00. The second-order valence-corrected chi connectivity index (χ2v) is 9.41. The number of sulfonamides is 1. The molecule has 0 bridgehead atoms. The molecule has 4 aromatic rings. The SMILES string of the molecule is CS(=O)(=O)Nc1ccc2cnc(C(=O)Nc3ccncc3-c3cnn(C4CC4)c3)nc2c1. The molecule has 0 aliphatic heterocycles. The van der Waals surface area contributed by atoms with E-state index in [1.807, 2.05) is 10.9 Å². The van der Waals surface area contributed by atoms with Crippen LogP contribution < -0.4 is 10.0 Å². The van der Waals surface area contributed by atoms with Crippen molar-refractivity contribution in [2.45, 2.75) is 18.9 Å². The number of carbonyl (C=O) groups is 1. The van der Waals surface area contributed by atoms with Crippen LogP contribution in [0.3, 0.4) is 0 Å². The Balaban J connectivity index is 1.42. The van der Waals surface area contributed by atoms with Gasteiger partial charge in [-0.3, -0.25) is 19.2 Å². The van der Waals surface area contributed by atoms with Crippen LogP contribution in [-0.4, -0.2) is 45.3 Å². The highest BCUT2D eigenvalue weighted by Crippen LogP contribution is 2.36. The third-order valence-corrected chi connectivity index (χ3v) is 5.60. The van der Waals surface area contributed by atoms with Crippen molar-refractivity contribution in [1.29, 1.82) is 0 Å². The van der Waals surface area contributed by atoms with Gasteiger partial charge in [-0.2, -0.15) is 5.10 Å². The smallest absolute Gasteiger partial charge is 0.293 e. The van der Waals surface area contributed by atoms with Gasteiger partial charge in [0.15, 0.2) is 0 Å². The Hall–Kier alpha value is -3.86. The molecule has 0 unspecified atom stereocenters. The first-order valence-electron chi connectivity index (χ1n) is 9.90. The number of aromatic nitrogens is 5. The fourth-order valence-corrected chi connectivity index (χ4v) is 3.89. The molecular weight excluding hydrogens is 430 g/mol. The van der Waals surface area contributed by atoms with E-state index in [1.165, 1.54) is 6.20 Å². The number of hydrogen-bond donors (Lipinski definition) is 2. The number of amides is 1. The summed E-state index contributed by atoms with van der Waals surface area (Å²) in [6.07, 6.45) is 11.8. The topological polar surface area (TPSA) is 132 Å². The van der Waals surface area contributed by atoms with Crippen LogP contribution >= 0.6 is 0 Å². The molecule has 1 aliphatic carbocycles. The van der Waals surface area contributed by atoms with Gasteiger partial charge in [0.2, 0.25) is 15.8 Å². The Morgan fingerprint density at radius 3 is 2.78 bits per heavy atom. The van der Waals surface area contributed by atoms with Crippen molar-refractivity contribution in [2.75, 3.05) is 16.3 Å². The summed E-state index contributed by atoms with van der Waals surface area (Å²) in [5.41, 5.74) is 2.97. The average molecular weight is 449 g/mol. The number of anilines is 2. The van der Waals surface area contributed by atoms with Gasteiger partial charge >= 0.3 is 0 Å². The molecule has 3 aromatic heterocycles. The Morgan fingerprint density at radius 2 is 2.00 bits per heavy atom. The first-order chi connectivity index (χ1) is 15.4. The fourth-order valence-electron chi connectivity index (χ4n) is 3.34. The van der Waals surface area contributed by atoms with E-state index in [0.717, 1.165) is 30.2 Å². The molecule has 1 aliphatic rings. The maximum atomic E-state index is 12.9. The van der Waals surface area contributed by atoms with Crippen molar-refractivity contribution in [2.24, 2.45) is 0 Å². The Kier molecular flexibility index (Phi) is 4.82. The van der Waals surface area contributed by atoms with Crippen LogP contribution in [0.2, 0.25) is 0 Å². The predicted molar refractivity (Wildman–Crippen MR) is 120 cm³/mol. The molecule has 3 heterocycles. The molecule has 1 saturated carbocycles. The van der Waals surface area contributed by atoms with Crippen molar-refractivity contribution in [3.05, 3.63) is 61.1 Å². The molecule has 5 rings (SSSR count). The molecule has 32 heavy (non-hydrogen) atoms. The summed E-state index contributed by atoms with van der Waals surface area (Å²) < 4.78 is 27.3. The summed E-state index contributed by atoms with van der Waals surface area (Å²) in [5.74, 6) is -0.527. The summed E-state index contributed by atoms with van der Waals surface area (Å²) in [6.45, 7) is 0. The van der Waals surface area contributed by atoms with E-state index in [2.05, 4.69) is 30.1 Å². The van der Waals surface area contributed by atoms with Gasteiger partial charge in [-0.25, -0.2) is 18.4 Å². The number of pyridine rings is 1. The second-order valence-electron chi connectivity index (χ2n) is 7.66. The van der Waals surface area contributed by atoms with E-state index in [9.17, 15) is 13.2 Å². The molecule has 10 nitrogen and oxygen atoms in total. The van der Waals surface area contributed by atoms with Crippen LogP contribution in [0.4, 0.5) is 11.4 Å². The van der Waals surface area contributed by atoms with E-state index in [4.69, 9.17) is 0 Å². The van der Waals surface area contributed by atoms with Crippen LogP contribution in [0.15, 0.2) is 55.2 Å². The molecule has 1 aromatic carbocycles. The number of carbonyl (C=O) groups excluding carboxylic acids is 1. The van der Waals surface area contributed by atoms with Gasteiger partial charge in [-0.1, -0.05) is 0 Å². The van der Waals surface area contributed by atoms with Crippen molar-refractivity contribution in [3.8, 4) is 11.1 Å². The lowest BCUT2D eigenvalue weighted by Crippen LogP contribution is -2.16. The van der Waals surface area contributed by atoms with Crippen LogP contribution in [0.1, 0.15) is 29.5 Å². The minimum atomic E-state index is -3.43. The normalized spacial score (nSPS) is 13.8. The maximum Gasteiger partial charge on any atom is 0.293 e. The molecule has 0 atom stereocenters. The largest absolute Gasteiger partial charge is 0.319 e. The van der Waals surface area contributed by atoms with Gasteiger partial charge in [0.25, 0.3) is 5.91 Å². The molecule has 1 fully saturated rings. The van der Waals surface area contributed by atoms with Crippen molar-refractivity contribution in [3.63, 3.8) is 0 Å². The number of rotatable bonds is 6. The number of benzene rings is 1. The number of hydrogen-bond acceptors (Lipinski definition) is 7. The highest BCUT2D eigenvalue weighted by molar-refractivity contribution is 7.92. The Bertz CT molecular complexity index is 1440. The Morgan fingerprint density at radius 1 is 1.16 bits per heavy atom. The van der Waals surface area contributed by atoms with Gasteiger partial charge in [-0.15, -0.1) is 0 Å². The Labute approximate surface area is 183 Å². The monoisotopic (exact) mass is 449 g/mol. The maximum absolute atomic E-state index is 12.9. The number of nitrogens with one attached hydrogen (secondary N) is 2. The highest BCUT2D eigenvalue weighted by Gasteiger charge is 2.24. The number of fused-ring (bicyclic) bond motifs is 1.